The Kier molecular flexibility index (Phi) is 3.91. The fourth-order valence-corrected chi connectivity index (χ4v) is 1.78. The molecule has 19 heavy (non-hydrogen) atoms. The van der Waals surface area contributed by atoms with Gasteiger partial charge in [-0.15, -0.1) is 12.6 Å². The molecule has 0 fully saturated rings. The number of thiol groups is 1. The summed E-state index contributed by atoms with van der Waals surface area (Å²) in [6, 6.07) is 12.4. The van der Waals surface area contributed by atoms with E-state index in [1.807, 2.05) is 24.3 Å². The zero-order valence-electron chi connectivity index (χ0n) is 10.0. The lowest BCUT2D eigenvalue weighted by atomic mass is 10.2. The molecule has 0 aliphatic carbocycles. The molecule has 2 rings (SSSR count). The fourth-order valence-electron chi connectivity index (χ4n) is 1.63. The summed E-state index contributed by atoms with van der Waals surface area (Å²) in [5.74, 6) is 0. The third-order valence-corrected chi connectivity index (χ3v) is 2.96. The largest absolute Gasteiger partial charge is 0.393 e. The first-order valence-electron chi connectivity index (χ1n) is 5.62. The molecule has 0 radical (unpaired) electrons. The predicted octanol–water partition coefficient (Wildman–Crippen LogP) is 3.08. The molecule has 3 N–H and O–H groups in total. The molecule has 0 amide bonds. The third-order valence-electron chi connectivity index (χ3n) is 2.66. The van der Waals surface area contributed by atoms with Crippen LogP contribution in [-0.2, 0) is 6.54 Å². The molecular formula is C13H13N3O2S. The summed E-state index contributed by atoms with van der Waals surface area (Å²) >= 11 is 4.21. The Bertz CT molecular complexity index is 599. The highest BCUT2D eigenvalue weighted by Crippen LogP contribution is 2.25. The number of nitro groups is 1. The number of anilines is 2. The van der Waals surface area contributed by atoms with E-state index in [0.717, 1.165) is 10.5 Å². The molecule has 2 aromatic carbocycles. The van der Waals surface area contributed by atoms with E-state index in [-0.39, 0.29) is 11.4 Å². The summed E-state index contributed by atoms with van der Waals surface area (Å²) < 4.78 is 0. The normalized spacial score (nSPS) is 10.2. The minimum Gasteiger partial charge on any atom is -0.393 e. The Hall–Kier alpha value is -2.21. The van der Waals surface area contributed by atoms with Crippen LogP contribution in [0.3, 0.4) is 0 Å². The molecule has 0 aliphatic heterocycles. The number of nitrogen functional groups attached to an aromatic ring is 1. The van der Waals surface area contributed by atoms with E-state index in [9.17, 15) is 10.1 Å². The highest BCUT2D eigenvalue weighted by atomic mass is 32.1. The predicted molar refractivity (Wildman–Crippen MR) is 78.5 cm³/mol. The van der Waals surface area contributed by atoms with Crippen molar-refractivity contribution in [3.05, 3.63) is 58.1 Å². The smallest absolute Gasteiger partial charge is 0.294 e. The van der Waals surface area contributed by atoms with Crippen LogP contribution < -0.4 is 11.1 Å². The number of nitrogens with one attached hydrogen (secondary N) is 1. The first-order valence-corrected chi connectivity index (χ1v) is 6.06. The van der Waals surface area contributed by atoms with Gasteiger partial charge in [0.25, 0.3) is 5.69 Å². The maximum atomic E-state index is 10.8. The fraction of sp³-hybridized carbons (Fsp3) is 0.0769. The van der Waals surface area contributed by atoms with Gasteiger partial charge in [-0.25, -0.2) is 0 Å². The lowest BCUT2D eigenvalue weighted by Crippen LogP contribution is -2.01. The number of nitrogens with zero attached hydrogens (tertiary/aromatic N) is 1. The lowest BCUT2D eigenvalue weighted by molar-refractivity contribution is -0.383. The molecule has 2 aromatic rings. The Morgan fingerprint density at radius 3 is 2.53 bits per heavy atom. The van der Waals surface area contributed by atoms with Crippen molar-refractivity contribution in [3.8, 4) is 0 Å². The van der Waals surface area contributed by atoms with Crippen LogP contribution in [0.2, 0.25) is 0 Å². The van der Waals surface area contributed by atoms with Gasteiger partial charge in [-0.3, -0.25) is 10.1 Å². The maximum absolute atomic E-state index is 10.8. The number of rotatable bonds is 4. The van der Waals surface area contributed by atoms with Gasteiger partial charge in [-0.05, 0) is 29.8 Å². The molecule has 98 valence electrons. The van der Waals surface area contributed by atoms with Crippen molar-refractivity contribution in [3.63, 3.8) is 0 Å². The van der Waals surface area contributed by atoms with Gasteiger partial charge in [-0.1, -0.05) is 12.1 Å². The van der Waals surface area contributed by atoms with Crippen molar-refractivity contribution in [1.82, 2.24) is 0 Å². The molecule has 0 bridgehead atoms. The first kappa shape index (κ1) is 13.2. The zero-order valence-corrected chi connectivity index (χ0v) is 10.9. The molecular weight excluding hydrogens is 262 g/mol. The Balaban J connectivity index is 2.09. The number of nitrogens with two attached hydrogens (primary N) is 1. The number of hydrogen-bond donors (Lipinski definition) is 3. The van der Waals surface area contributed by atoms with Crippen LogP contribution in [0.5, 0.6) is 0 Å². The lowest BCUT2D eigenvalue weighted by Gasteiger charge is -2.07. The van der Waals surface area contributed by atoms with Gasteiger partial charge in [0.1, 0.15) is 5.69 Å². The van der Waals surface area contributed by atoms with Gasteiger partial charge in [0.15, 0.2) is 0 Å². The van der Waals surface area contributed by atoms with E-state index in [4.69, 9.17) is 5.73 Å². The Morgan fingerprint density at radius 1 is 1.21 bits per heavy atom. The second kappa shape index (κ2) is 5.62. The minimum atomic E-state index is -0.490. The van der Waals surface area contributed by atoms with Gasteiger partial charge in [0.05, 0.1) is 4.92 Å². The van der Waals surface area contributed by atoms with Gasteiger partial charge >= 0.3 is 0 Å². The number of benzene rings is 2. The van der Waals surface area contributed by atoms with Crippen molar-refractivity contribution in [2.24, 2.45) is 0 Å². The molecule has 0 heterocycles. The summed E-state index contributed by atoms with van der Waals surface area (Å²) in [6.45, 7) is 0.579. The van der Waals surface area contributed by atoms with Gasteiger partial charge < -0.3 is 11.1 Å². The van der Waals surface area contributed by atoms with Gasteiger partial charge in [0, 0.05) is 23.2 Å². The molecule has 0 atom stereocenters. The highest BCUT2D eigenvalue weighted by Gasteiger charge is 2.11. The van der Waals surface area contributed by atoms with Crippen LogP contribution >= 0.6 is 12.6 Å². The van der Waals surface area contributed by atoms with Crippen LogP contribution in [0.25, 0.3) is 0 Å². The molecule has 0 spiro atoms. The highest BCUT2D eigenvalue weighted by molar-refractivity contribution is 7.80. The summed E-state index contributed by atoms with van der Waals surface area (Å²) in [6.07, 6.45) is 0. The van der Waals surface area contributed by atoms with Crippen LogP contribution in [0.4, 0.5) is 17.1 Å². The van der Waals surface area contributed by atoms with Crippen LogP contribution in [0, 0.1) is 10.1 Å². The minimum absolute atomic E-state index is 0.0873. The second-order valence-electron chi connectivity index (χ2n) is 4.05. The molecule has 6 heteroatoms. The van der Waals surface area contributed by atoms with Crippen LogP contribution in [0.15, 0.2) is 47.4 Å². The van der Waals surface area contributed by atoms with Crippen LogP contribution in [0.1, 0.15) is 5.56 Å². The molecule has 0 aromatic heterocycles. The van der Waals surface area contributed by atoms with E-state index >= 15 is 0 Å². The molecule has 0 saturated carbocycles. The average Bonchev–Trinajstić information content (AvgIpc) is 2.39. The Labute approximate surface area is 116 Å². The summed E-state index contributed by atoms with van der Waals surface area (Å²) in [5, 5.41) is 13.9. The topological polar surface area (TPSA) is 81.2 Å². The maximum Gasteiger partial charge on any atom is 0.294 e. The quantitative estimate of drug-likeness (QED) is 0.346. The average molecular weight is 275 g/mol. The monoisotopic (exact) mass is 275 g/mol. The number of nitro benzene ring substituents is 1. The van der Waals surface area contributed by atoms with Crippen molar-refractivity contribution >= 4 is 29.7 Å². The third kappa shape index (κ3) is 3.38. The summed E-state index contributed by atoms with van der Waals surface area (Å²) in [7, 11) is 0. The molecule has 0 aliphatic rings. The van der Waals surface area contributed by atoms with Gasteiger partial charge in [-0.2, -0.15) is 0 Å². The molecule has 5 nitrogen and oxygen atoms in total. The molecule has 0 unspecified atom stereocenters. The standard InChI is InChI=1S/C13H13N3O2S/c14-12-6-3-10(7-13(12)16(17)18)15-8-9-1-4-11(19)5-2-9/h1-7,15,19H,8,14H2. The van der Waals surface area contributed by atoms with E-state index < -0.39 is 4.92 Å². The van der Waals surface area contributed by atoms with Crippen molar-refractivity contribution in [1.29, 1.82) is 0 Å². The van der Waals surface area contributed by atoms with Gasteiger partial charge in [0.2, 0.25) is 0 Å². The van der Waals surface area contributed by atoms with E-state index in [1.165, 1.54) is 12.1 Å². The van der Waals surface area contributed by atoms with Crippen molar-refractivity contribution in [2.75, 3.05) is 11.1 Å². The zero-order chi connectivity index (χ0) is 13.8. The number of hydrogen-bond acceptors (Lipinski definition) is 5. The summed E-state index contributed by atoms with van der Waals surface area (Å²) in [4.78, 5) is 11.2. The van der Waals surface area contributed by atoms with Crippen LogP contribution in [-0.4, -0.2) is 4.92 Å². The van der Waals surface area contributed by atoms with Crippen molar-refractivity contribution < 1.29 is 4.92 Å². The van der Waals surface area contributed by atoms with E-state index in [1.54, 1.807) is 6.07 Å². The van der Waals surface area contributed by atoms with E-state index in [0.29, 0.717) is 12.2 Å². The molecule has 0 saturated heterocycles. The summed E-state index contributed by atoms with van der Waals surface area (Å²) in [5.41, 5.74) is 7.34. The Morgan fingerprint density at radius 2 is 1.89 bits per heavy atom. The van der Waals surface area contributed by atoms with Crippen molar-refractivity contribution in [2.45, 2.75) is 11.4 Å². The van der Waals surface area contributed by atoms with E-state index in [2.05, 4.69) is 17.9 Å². The second-order valence-corrected chi connectivity index (χ2v) is 4.57. The SMILES string of the molecule is Nc1ccc(NCc2ccc(S)cc2)cc1[N+](=O)[O-]. The first-order chi connectivity index (χ1) is 9.06.